The highest BCUT2D eigenvalue weighted by atomic mass is 19.4. The van der Waals surface area contributed by atoms with E-state index in [0.29, 0.717) is 43.4 Å². The van der Waals surface area contributed by atoms with Crippen molar-refractivity contribution in [1.29, 1.82) is 0 Å². The van der Waals surface area contributed by atoms with E-state index in [4.69, 9.17) is 9.47 Å². The van der Waals surface area contributed by atoms with Gasteiger partial charge in [0.2, 0.25) is 11.8 Å². The summed E-state index contributed by atoms with van der Waals surface area (Å²) in [6.45, 7) is 6.39. The van der Waals surface area contributed by atoms with E-state index >= 15 is 0 Å². The highest BCUT2D eigenvalue weighted by Gasteiger charge is 2.35. The van der Waals surface area contributed by atoms with Crippen LogP contribution in [-0.2, 0) is 10.9 Å². The molecule has 10 nitrogen and oxygen atoms in total. The number of aromatic nitrogens is 3. The molecule has 1 aliphatic heterocycles. The smallest absolute Gasteiger partial charge is 0.419 e. The van der Waals surface area contributed by atoms with Gasteiger partial charge < -0.3 is 25.0 Å². The van der Waals surface area contributed by atoms with Gasteiger partial charge in [-0.2, -0.15) is 13.2 Å². The van der Waals surface area contributed by atoms with Crippen LogP contribution >= 0.6 is 0 Å². The molecule has 1 aliphatic rings. The minimum atomic E-state index is -4.67. The lowest BCUT2D eigenvalue weighted by atomic mass is 10.0. The molecule has 13 heteroatoms. The maximum Gasteiger partial charge on any atom is 0.419 e. The highest BCUT2D eigenvalue weighted by Crippen LogP contribution is 2.36. The number of nitrogens with one attached hydrogen (secondary N) is 2. The number of hydrogen-bond acceptors (Lipinski definition) is 8. The van der Waals surface area contributed by atoms with Crippen LogP contribution in [0.2, 0.25) is 0 Å². The van der Waals surface area contributed by atoms with Gasteiger partial charge >= 0.3 is 12.3 Å². The molecule has 0 saturated carbocycles. The standard InChI is InChI=1S/C28H31F3N6O4/c1-27(2,3)41-26(39)37-13-11-20(12-14-37)34-24(38)17-5-8-19(9-6-17)35-25-33-16-21(28(29,30)31)23(36-25)18-7-10-22(40-4)32-15-18/h5-10,15-16,20H,11-14H2,1-4H3,(H,34,38)(H,33,35,36). The second-order valence-electron chi connectivity index (χ2n) is 10.5. The summed E-state index contributed by atoms with van der Waals surface area (Å²) >= 11 is 0. The number of amides is 2. The van der Waals surface area contributed by atoms with Gasteiger partial charge in [0.25, 0.3) is 5.91 Å². The molecule has 0 spiro atoms. The van der Waals surface area contributed by atoms with Crippen molar-refractivity contribution in [3.8, 4) is 17.1 Å². The number of alkyl halides is 3. The molecule has 0 atom stereocenters. The first kappa shape index (κ1) is 29.6. The number of carbonyl (C=O) groups excluding carboxylic acids is 2. The first-order chi connectivity index (χ1) is 19.3. The number of benzene rings is 1. The van der Waals surface area contributed by atoms with Gasteiger partial charge in [-0.1, -0.05) is 0 Å². The van der Waals surface area contributed by atoms with E-state index in [1.54, 1.807) is 29.2 Å². The second-order valence-corrected chi connectivity index (χ2v) is 10.5. The van der Waals surface area contributed by atoms with Crippen LogP contribution in [0.3, 0.4) is 0 Å². The molecule has 3 heterocycles. The number of hydrogen-bond donors (Lipinski definition) is 2. The number of ether oxygens (including phenoxy) is 2. The lowest BCUT2D eigenvalue weighted by molar-refractivity contribution is -0.137. The van der Waals surface area contributed by atoms with Crippen molar-refractivity contribution in [1.82, 2.24) is 25.2 Å². The molecule has 0 aliphatic carbocycles. The Bertz CT molecular complexity index is 1370. The largest absolute Gasteiger partial charge is 0.481 e. The average Bonchev–Trinajstić information content (AvgIpc) is 2.92. The summed E-state index contributed by atoms with van der Waals surface area (Å²) in [6.07, 6.45) is -1.88. The van der Waals surface area contributed by atoms with Crippen LogP contribution in [0.15, 0.2) is 48.8 Å². The first-order valence-electron chi connectivity index (χ1n) is 12.9. The molecule has 2 aromatic heterocycles. The fraction of sp³-hybridized carbons (Fsp3) is 0.393. The molecule has 2 amide bonds. The summed E-state index contributed by atoms with van der Waals surface area (Å²) in [5.74, 6) is -0.0739. The van der Waals surface area contributed by atoms with Gasteiger partial charge in [-0.3, -0.25) is 4.79 Å². The van der Waals surface area contributed by atoms with E-state index in [1.165, 1.54) is 25.4 Å². The Hall–Kier alpha value is -4.42. The van der Waals surface area contributed by atoms with E-state index in [0.717, 1.165) is 0 Å². The molecule has 1 saturated heterocycles. The fourth-order valence-electron chi connectivity index (χ4n) is 4.15. The molecule has 0 unspecified atom stereocenters. The third kappa shape index (κ3) is 7.83. The van der Waals surface area contributed by atoms with Gasteiger partial charge in [-0.25, -0.2) is 19.7 Å². The lowest BCUT2D eigenvalue weighted by Crippen LogP contribution is -2.47. The van der Waals surface area contributed by atoms with Crippen LogP contribution in [0, 0.1) is 0 Å². The Kier molecular flexibility index (Phi) is 8.64. The number of halogens is 3. The minimum absolute atomic E-state index is 0.0576. The van der Waals surface area contributed by atoms with Gasteiger partial charge in [-0.15, -0.1) is 0 Å². The van der Waals surface area contributed by atoms with Crippen LogP contribution in [0.1, 0.15) is 49.5 Å². The molecule has 3 aromatic rings. The third-order valence-corrected chi connectivity index (χ3v) is 6.20. The molecule has 4 rings (SSSR count). The summed E-state index contributed by atoms with van der Waals surface area (Å²) in [5, 5.41) is 5.86. The van der Waals surface area contributed by atoms with Crippen LogP contribution in [0.25, 0.3) is 11.3 Å². The van der Waals surface area contributed by atoms with Crippen molar-refractivity contribution in [3.05, 3.63) is 59.9 Å². The Morgan fingerprint density at radius 2 is 1.66 bits per heavy atom. The molecular formula is C28H31F3N6O4. The molecule has 1 fully saturated rings. The summed E-state index contributed by atoms with van der Waals surface area (Å²) in [6, 6.07) is 9.18. The van der Waals surface area contributed by atoms with Gasteiger partial charge in [0.1, 0.15) is 11.2 Å². The average molecular weight is 573 g/mol. The Morgan fingerprint density at radius 3 is 2.22 bits per heavy atom. The summed E-state index contributed by atoms with van der Waals surface area (Å²) in [4.78, 5) is 38.6. The Morgan fingerprint density at radius 1 is 0.976 bits per heavy atom. The number of likely N-dealkylation sites (tertiary alicyclic amines) is 1. The fourth-order valence-corrected chi connectivity index (χ4v) is 4.15. The zero-order valence-electron chi connectivity index (χ0n) is 23.1. The number of pyridine rings is 1. The zero-order valence-corrected chi connectivity index (χ0v) is 23.1. The van der Waals surface area contributed by atoms with Gasteiger partial charge in [0, 0.05) is 54.4 Å². The number of piperidine rings is 1. The summed E-state index contributed by atoms with van der Waals surface area (Å²) < 4.78 is 51.3. The van der Waals surface area contributed by atoms with Crippen molar-refractivity contribution >= 4 is 23.6 Å². The van der Waals surface area contributed by atoms with Crippen molar-refractivity contribution in [2.45, 2.75) is 51.4 Å². The van der Waals surface area contributed by atoms with E-state index in [9.17, 15) is 22.8 Å². The van der Waals surface area contributed by atoms with E-state index in [-0.39, 0.29) is 41.1 Å². The highest BCUT2D eigenvalue weighted by molar-refractivity contribution is 5.94. The molecule has 41 heavy (non-hydrogen) atoms. The van der Waals surface area contributed by atoms with Crippen molar-refractivity contribution < 1.29 is 32.2 Å². The molecule has 0 radical (unpaired) electrons. The van der Waals surface area contributed by atoms with Crippen molar-refractivity contribution in [3.63, 3.8) is 0 Å². The van der Waals surface area contributed by atoms with E-state index < -0.39 is 17.3 Å². The maximum absolute atomic E-state index is 13.6. The molecule has 2 N–H and O–H groups in total. The number of methoxy groups -OCH3 is 1. The minimum Gasteiger partial charge on any atom is -0.481 e. The molecular weight excluding hydrogens is 541 g/mol. The Labute approximate surface area is 235 Å². The monoisotopic (exact) mass is 572 g/mol. The van der Waals surface area contributed by atoms with E-state index in [1.807, 2.05) is 20.8 Å². The topological polar surface area (TPSA) is 119 Å². The van der Waals surface area contributed by atoms with E-state index in [2.05, 4.69) is 25.6 Å². The number of carbonyl (C=O) groups is 2. The maximum atomic E-state index is 13.6. The zero-order chi connectivity index (χ0) is 29.8. The van der Waals surface area contributed by atoms with Gasteiger partial charge in [0.15, 0.2) is 0 Å². The number of nitrogens with zero attached hydrogens (tertiary/aromatic N) is 4. The van der Waals surface area contributed by atoms with Crippen LogP contribution in [0.5, 0.6) is 5.88 Å². The van der Waals surface area contributed by atoms with Crippen molar-refractivity contribution in [2.75, 3.05) is 25.5 Å². The number of rotatable bonds is 6. The predicted octanol–water partition coefficient (Wildman–Crippen LogP) is 5.44. The number of anilines is 2. The van der Waals surface area contributed by atoms with Crippen LogP contribution in [-0.4, -0.2) is 63.7 Å². The normalized spacial score (nSPS) is 14.4. The van der Waals surface area contributed by atoms with Gasteiger partial charge in [-0.05, 0) is 63.9 Å². The SMILES string of the molecule is COc1ccc(-c2nc(Nc3ccc(C(=O)NC4CCN(C(=O)OC(C)(C)C)CC4)cc3)ncc2C(F)(F)F)cn1. The van der Waals surface area contributed by atoms with Crippen molar-refractivity contribution in [2.24, 2.45) is 0 Å². The summed E-state index contributed by atoms with van der Waals surface area (Å²) in [7, 11) is 1.40. The van der Waals surface area contributed by atoms with Crippen LogP contribution < -0.4 is 15.4 Å². The summed E-state index contributed by atoms with van der Waals surface area (Å²) in [5.41, 5.74) is -0.877. The lowest BCUT2D eigenvalue weighted by Gasteiger charge is -2.33. The second kappa shape index (κ2) is 12.0. The molecule has 218 valence electrons. The van der Waals surface area contributed by atoms with Gasteiger partial charge in [0.05, 0.1) is 12.8 Å². The first-order valence-corrected chi connectivity index (χ1v) is 12.9. The molecule has 0 bridgehead atoms. The quantitative estimate of drug-likeness (QED) is 0.401. The third-order valence-electron chi connectivity index (χ3n) is 6.20. The predicted molar refractivity (Wildman–Crippen MR) is 145 cm³/mol. The van der Waals surface area contributed by atoms with Crippen LogP contribution in [0.4, 0.5) is 29.6 Å². The molecule has 1 aromatic carbocycles. The Balaban J connectivity index is 1.39.